The number of hydrogen-bond acceptors (Lipinski definition) is 3. The van der Waals surface area contributed by atoms with Gasteiger partial charge >= 0.3 is 0 Å². The molecule has 0 atom stereocenters. The summed E-state index contributed by atoms with van der Waals surface area (Å²) in [5, 5.41) is 0.603. The first-order valence-electron chi connectivity index (χ1n) is 10.1. The van der Waals surface area contributed by atoms with Crippen molar-refractivity contribution in [2.75, 3.05) is 19.6 Å². The lowest BCUT2D eigenvalue weighted by molar-refractivity contribution is 0.0727. The summed E-state index contributed by atoms with van der Waals surface area (Å²) in [7, 11) is 0. The van der Waals surface area contributed by atoms with Crippen LogP contribution >= 0.6 is 11.6 Å². The molecule has 0 fully saturated rings. The van der Waals surface area contributed by atoms with Crippen LogP contribution in [0.3, 0.4) is 0 Å². The molecule has 0 N–H and O–H groups in total. The molecule has 154 valence electrons. The average Bonchev–Trinajstić information content (AvgIpc) is 3.10. The predicted octanol–water partition coefficient (Wildman–Crippen LogP) is 4.36. The molecule has 5 nitrogen and oxygen atoms in total. The molecule has 0 bridgehead atoms. The third kappa shape index (κ3) is 4.04. The largest absolute Gasteiger partial charge is 0.333 e. The lowest BCUT2D eigenvalue weighted by Gasteiger charge is -2.29. The quantitative estimate of drug-likeness (QED) is 0.533. The van der Waals surface area contributed by atoms with Gasteiger partial charge in [0.05, 0.1) is 10.7 Å². The molecule has 0 spiro atoms. The highest BCUT2D eigenvalue weighted by atomic mass is 35.5. The fraction of sp³-hybridized carbons (Fsp3) is 0.250. The number of rotatable bonds is 7. The van der Waals surface area contributed by atoms with Crippen LogP contribution in [0.5, 0.6) is 0 Å². The van der Waals surface area contributed by atoms with Crippen LogP contribution in [0.15, 0.2) is 67.9 Å². The first-order valence-corrected chi connectivity index (χ1v) is 10.4. The van der Waals surface area contributed by atoms with Crippen molar-refractivity contribution in [3.63, 3.8) is 0 Å². The van der Waals surface area contributed by atoms with E-state index in [0.717, 1.165) is 12.1 Å². The van der Waals surface area contributed by atoms with Gasteiger partial charge in [0, 0.05) is 38.9 Å². The number of halogens is 1. The van der Waals surface area contributed by atoms with Gasteiger partial charge < -0.3 is 9.30 Å². The number of imidazole rings is 1. The van der Waals surface area contributed by atoms with Gasteiger partial charge in [-0.25, -0.2) is 4.98 Å². The first kappa shape index (κ1) is 20.4. The summed E-state index contributed by atoms with van der Waals surface area (Å²) in [6.07, 6.45) is 6.38. The Morgan fingerprint density at radius 2 is 1.87 bits per heavy atom. The smallest absolute Gasteiger partial charge is 0.274 e. The number of hydrogen-bond donors (Lipinski definition) is 0. The van der Waals surface area contributed by atoms with Gasteiger partial charge in [-0.3, -0.25) is 9.69 Å². The molecule has 6 heteroatoms. The van der Waals surface area contributed by atoms with E-state index in [4.69, 9.17) is 16.6 Å². The standard InChI is InChI=1S/C24H25ClN4O/c1-3-12-27(13-4-2)17-21-23(26-22-10-9-20(25)16-29(21)22)24(30)28-14-11-18-7-5-6-8-19(18)15-28/h3-10,16H,1-2,11-15,17H2. The molecule has 3 aromatic rings. The van der Waals surface area contributed by atoms with Gasteiger partial charge in [-0.15, -0.1) is 13.2 Å². The van der Waals surface area contributed by atoms with E-state index in [-0.39, 0.29) is 5.91 Å². The van der Waals surface area contributed by atoms with E-state index in [2.05, 4.69) is 30.2 Å². The lowest BCUT2D eigenvalue weighted by Crippen LogP contribution is -2.37. The van der Waals surface area contributed by atoms with Crippen molar-refractivity contribution in [2.45, 2.75) is 19.5 Å². The van der Waals surface area contributed by atoms with Crippen LogP contribution in [-0.4, -0.2) is 44.7 Å². The molecule has 1 aliphatic heterocycles. The van der Waals surface area contributed by atoms with Crippen LogP contribution < -0.4 is 0 Å². The normalized spacial score (nSPS) is 13.5. The van der Waals surface area contributed by atoms with Crippen molar-refractivity contribution in [3.8, 4) is 0 Å². The van der Waals surface area contributed by atoms with E-state index in [1.165, 1.54) is 11.1 Å². The number of benzene rings is 1. The molecule has 0 aliphatic carbocycles. The second-order valence-electron chi connectivity index (χ2n) is 7.50. The monoisotopic (exact) mass is 420 g/mol. The van der Waals surface area contributed by atoms with E-state index in [0.29, 0.717) is 49.1 Å². The molecule has 0 unspecified atom stereocenters. The number of pyridine rings is 1. The van der Waals surface area contributed by atoms with Crippen LogP contribution in [-0.2, 0) is 19.5 Å². The number of carbonyl (C=O) groups is 1. The lowest BCUT2D eigenvalue weighted by atomic mass is 9.99. The molecule has 1 aromatic carbocycles. The zero-order valence-corrected chi connectivity index (χ0v) is 17.7. The first-order chi connectivity index (χ1) is 14.6. The van der Waals surface area contributed by atoms with Crippen LogP contribution in [0.25, 0.3) is 5.65 Å². The number of nitrogens with zero attached hydrogens (tertiary/aromatic N) is 4. The van der Waals surface area contributed by atoms with E-state index >= 15 is 0 Å². The SMILES string of the molecule is C=CCN(CC=C)Cc1c(C(=O)N2CCc3ccccc3C2)nc2ccc(Cl)cn12. The molecule has 1 aliphatic rings. The predicted molar refractivity (Wildman–Crippen MR) is 121 cm³/mol. The zero-order chi connectivity index (χ0) is 21.1. The highest BCUT2D eigenvalue weighted by Crippen LogP contribution is 2.24. The van der Waals surface area contributed by atoms with Crippen molar-refractivity contribution < 1.29 is 4.79 Å². The summed E-state index contributed by atoms with van der Waals surface area (Å²) in [5.74, 6) is -0.0449. The second-order valence-corrected chi connectivity index (χ2v) is 7.94. The Labute approximate surface area is 181 Å². The Kier molecular flexibility index (Phi) is 6.02. The molecule has 30 heavy (non-hydrogen) atoms. The van der Waals surface area contributed by atoms with Crippen molar-refractivity contribution in [1.82, 2.24) is 19.2 Å². The van der Waals surface area contributed by atoms with Crippen molar-refractivity contribution in [1.29, 1.82) is 0 Å². The van der Waals surface area contributed by atoms with Gasteiger partial charge in [0.15, 0.2) is 5.69 Å². The van der Waals surface area contributed by atoms with Crippen molar-refractivity contribution in [2.24, 2.45) is 0 Å². The minimum atomic E-state index is -0.0449. The Balaban J connectivity index is 1.71. The van der Waals surface area contributed by atoms with Crippen LogP contribution in [0.2, 0.25) is 5.02 Å². The van der Waals surface area contributed by atoms with Gasteiger partial charge in [0.25, 0.3) is 5.91 Å². The molecule has 4 rings (SSSR count). The summed E-state index contributed by atoms with van der Waals surface area (Å²) >= 11 is 6.25. The van der Waals surface area contributed by atoms with E-state index < -0.39 is 0 Å². The molecular weight excluding hydrogens is 396 g/mol. The van der Waals surface area contributed by atoms with E-state index in [9.17, 15) is 4.79 Å². The topological polar surface area (TPSA) is 40.9 Å². The average molecular weight is 421 g/mol. The Morgan fingerprint density at radius 1 is 1.13 bits per heavy atom. The van der Waals surface area contributed by atoms with Gasteiger partial charge in [-0.05, 0) is 29.7 Å². The molecule has 0 saturated heterocycles. The summed E-state index contributed by atoms with van der Waals surface area (Å²) in [6.45, 7) is 10.9. The van der Waals surface area contributed by atoms with Gasteiger partial charge in [0.2, 0.25) is 0 Å². The number of carbonyl (C=O) groups excluding carboxylic acids is 1. The maximum atomic E-state index is 13.5. The molecular formula is C24H25ClN4O. The summed E-state index contributed by atoms with van der Waals surface area (Å²) < 4.78 is 1.92. The summed E-state index contributed by atoms with van der Waals surface area (Å²) in [4.78, 5) is 22.3. The number of amides is 1. The molecule has 1 amide bonds. The summed E-state index contributed by atoms with van der Waals surface area (Å²) in [6, 6.07) is 11.9. The van der Waals surface area contributed by atoms with Crippen LogP contribution in [0, 0.1) is 0 Å². The number of aromatic nitrogens is 2. The fourth-order valence-corrected chi connectivity index (χ4v) is 4.15. The summed E-state index contributed by atoms with van der Waals surface area (Å²) in [5.41, 5.74) is 4.54. The highest BCUT2D eigenvalue weighted by molar-refractivity contribution is 6.30. The van der Waals surface area contributed by atoms with E-state index in [1.807, 2.05) is 45.8 Å². The minimum absolute atomic E-state index is 0.0449. The fourth-order valence-electron chi connectivity index (χ4n) is 3.99. The van der Waals surface area contributed by atoms with Gasteiger partial charge in [-0.1, -0.05) is 48.0 Å². The Hall–Kier alpha value is -2.89. The zero-order valence-electron chi connectivity index (χ0n) is 16.9. The van der Waals surface area contributed by atoms with Crippen molar-refractivity contribution >= 4 is 23.2 Å². The van der Waals surface area contributed by atoms with E-state index in [1.54, 1.807) is 6.07 Å². The maximum Gasteiger partial charge on any atom is 0.274 e. The van der Waals surface area contributed by atoms with Gasteiger partial charge in [-0.2, -0.15) is 0 Å². The number of fused-ring (bicyclic) bond motifs is 2. The third-order valence-electron chi connectivity index (χ3n) is 5.45. The molecule has 2 aromatic heterocycles. The molecule has 3 heterocycles. The third-order valence-corrected chi connectivity index (χ3v) is 5.67. The van der Waals surface area contributed by atoms with Crippen LogP contribution in [0.4, 0.5) is 0 Å². The Bertz CT molecular complexity index is 1090. The van der Waals surface area contributed by atoms with Crippen molar-refractivity contribution in [3.05, 3.63) is 95.4 Å². The van der Waals surface area contributed by atoms with Gasteiger partial charge in [0.1, 0.15) is 5.65 Å². The highest BCUT2D eigenvalue weighted by Gasteiger charge is 2.27. The molecule has 0 radical (unpaired) electrons. The minimum Gasteiger partial charge on any atom is -0.333 e. The van der Waals surface area contributed by atoms with Crippen LogP contribution in [0.1, 0.15) is 27.3 Å². The Morgan fingerprint density at radius 3 is 2.60 bits per heavy atom. The molecule has 0 saturated carbocycles. The second kappa shape index (κ2) is 8.86. The maximum absolute atomic E-state index is 13.5.